The number of nitrogens with zero attached hydrogens (tertiary/aromatic N) is 2. The van der Waals surface area contributed by atoms with Crippen LogP contribution in [-0.2, 0) is 6.42 Å². The van der Waals surface area contributed by atoms with Crippen molar-refractivity contribution in [2.45, 2.75) is 39.0 Å². The summed E-state index contributed by atoms with van der Waals surface area (Å²) in [6.07, 6.45) is 6.49. The van der Waals surface area contributed by atoms with E-state index in [9.17, 15) is 0 Å². The molecule has 1 aromatic rings. The second-order valence-corrected chi connectivity index (χ2v) is 5.77. The Morgan fingerprint density at radius 1 is 1.21 bits per heavy atom. The van der Waals surface area contributed by atoms with Crippen molar-refractivity contribution in [1.29, 1.82) is 0 Å². The van der Waals surface area contributed by atoms with E-state index in [-0.39, 0.29) is 0 Å². The van der Waals surface area contributed by atoms with Gasteiger partial charge < -0.3 is 10.7 Å². The van der Waals surface area contributed by atoms with Crippen LogP contribution in [0.4, 0.5) is 11.6 Å². The van der Waals surface area contributed by atoms with Gasteiger partial charge in [0.1, 0.15) is 17.5 Å². The van der Waals surface area contributed by atoms with Crippen LogP contribution in [0.15, 0.2) is 6.07 Å². The summed E-state index contributed by atoms with van der Waals surface area (Å²) >= 11 is 0. The molecule has 2 fully saturated rings. The first-order valence-electron chi connectivity index (χ1n) is 7.38. The van der Waals surface area contributed by atoms with E-state index in [0.717, 1.165) is 42.4 Å². The van der Waals surface area contributed by atoms with Gasteiger partial charge in [-0.3, -0.25) is 0 Å². The summed E-state index contributed by atoms with van der Waals surface area (Å²) in [6, 6.07) is 1.88. The second kappa shape index (κ2) is 5.33. The summed E-state index contributed by atoms with van der Waals surface area (Å²) in [5, 5.41) is 3.49. The molecule has 1 heterocycles. The molecular formula is C14H23N5. The lowest BCUT2D eigenvalue weighted by atomic mass is 9.98. The standard InChI is InChI=1S/C14H23N5/c1-2-12-17-13(7-14(18-12)19-15)16-8-11(9-3-4-9)10-5-6-10/h7,9-11H,2-6,8,15H2,1H3,(H2,16,17,18,19). The van der Waals surface area contributed by atoms with E-state index in [0.29, 0.717) is 5.82 Å². The largest absolute Gasteiger partial charge is 0.370 e. The van der Waals surface area contributed by atoms with E-state index in [2.05, 4.69) is 27.6 Å². The van der Waals surface area contributed by atoms with Crippen LogP contribution < -0.4 is 16.6 Å². The first-order chi connectivity index (χ1) is 9.30. The van der Waals surface area contributed by atoms with Crippen molar-refractivity contribution in [1.82, 2.24) is 9.97 Å². The van der Waals surface area contributed by atoms with Gasteiger partial charge in [-0.05, 0) is 43.4 Å². The van der Waals surface area contributed by atoms with Crippen LogP contribution in [0.5, 0.6) is 0 Å². The third-order valence-electron chi connectivity index (χ3n) is 4.21. The van der Waals surface area contributed by atoms with Gasteiger partial charge in [-0.25, -0.2) is 15.8 Å². The number of hydrogen-bond acceptors (Lipinski definition) is 5. The number of anilines is 2. The van der Waals surface area contributed by atoms with E-state index in [1.165, 1.54) is 25.7 Å². The topological polar surface area (TPSA) is 75.9 Å². The molecule has 0 aromatic carbocycles. The maximum absolute atomic E-state index is 5.45. The van der Waals surface area contributed by atoms with Crippen LogP contribution in [0.3, 0.4) is 0 Å². The maximum Gasteiger partial charge on any atom is 0.145 e. The number of rotatable bonds is 7. The molecule has 4 N–H and O–H groups in total. The molecule has 5 heteroatoms. The monoisotopic (exact) mass is 261 g/mol. The van der Waals surface area contributed by atoms with Gasteiger partial charge in [0.25, 0.3) is 0 Å². The lowest BCUT2D eigenvalue weighted by Crippen LogP contribution is -2.19. The molecular weight excluding hydrogens is 238 g/mol. The Kier molecular flexibility index (Phi) is 3.55. The highest BCUT2D eigenvalue weighted by atomic mass is 15.3. The minimum absolute atomic E-state index is 0.684. The van der Waals surface area contributed by atoms with Gasteiger partial charge in [0.05, 0.1) is 0 Å². The lowest BCUT2D eigenvalue weighted by molar-refractivity contribution is 0.427. The van der Waals surface area contributed by atoms with Gasteiger partial charge in [-0.15, -0.1) is 0 Å². The fourth-order valence-corrected chi connectivity index (χ4v) is 2.81. The Hall–Kier alpha value is -1.36. The molecule has 0 unspecified atom stereocenters. The van der Waals surface area contributed by atoms with Crippen molar-refractivity contribution < 1.29 is 0 Å². The quantitative estimate of drug-likeness (QED) is 0.518. The van der Waals surface area contributed by atoms with Gasteiger partial charge in [-0.2, -0.15) is 0 Å². The molecule has 19 heavy (non-hydrogen) atoms. The van der Waals surface area contributed by atoms with Crippen molar-refractivity contribution in [3.8, 4) is 0 Å². The first kappa shape index (κ1) is 12.7. The molecule has 2 aliphatic carbocycles. The molecule has 0 atom stereocenters. The summed E-state index contributed by atoms with van der Waals surface area (Å²) < 4.78 is 0. The minimum Gasteiger partial charge on any atom is -0.370 e. The molecule has 0 bridgehead atoms. The van der Waals surface area contributed by atoms with E-state index < -0.39 is 0 Å². The van der Waals surface area contributed by atoms with Crippen LogP contribution >= 0.6 is 0 Å². The highest BCUT2D eigenvalue weighted by Gasteiger charge is 2.41. The second-order valence-electron chi connectivity index (χ2n) is 5.77. The Morgan fingerprint density at radius 3 is 2.37 bits per heavy atom. The van der Waals surface area contributed by atoms with E-state index >= 15 is 0 Å². The normalized spacial score (nSPS) is 18.7. The summed E-state index contributed by atoms with van der Waals surface area (Å²) in [5.41, 5.74) is 2.61. The number of nitrogen functional groups attached to an aromatic ring is 1. The van der Waals surface area contributed by atoms with E-state index in [1.54, 1.807) is 0 Å². The fraction of sp³-hybridized carbons (Fsp3) is 0.714. The van der Waals surface area contributed by atoms with Crippen molar-refractivity contribution in [3.63, 3.8) is 0 Å². The molecule has 2 saturated carbocycles. The Morgan fingerprint density at radius 2 is 1.84 bits per heavy atom. The SMILES string of the molecule is CCc1nc(NN)cc(NCC(C2CC2)C2CC2)n1. The number of hydrazine groups is 1. The van der Waals surface area contributed by atoms with Crippen LogP contribution in [0.1, 0.15) is 38.4 Å². The van der Waals surface area contributed by atoms with E-state index in [1.807, 2.05) is 6.07 Å². The molecule has 0 aliphatic heterocycles. The minimum atomic E-state index is 0.684. The Balaban J connectivity index is 1.64. The molecule has 0 amide bonds. The van der Waals surface area contributed by atoms with Crippen molar-refractivity contribution in [2.75, 3.05) is 17.3 Å². The first-order valence-corrected chi connectivity index (χ1v) is 7.38. The van der Waals surface area contributed by atoms with Gasteiger partial charge in [0.15, 0.2) is 0 Å². The smallest absolute Gasteiger partial charge is 0.145 e. The Labute approximate surface area is 114 Å². The zero-order valence-corrected chi connectivity index (χ0v) is 11.5. The van der Waals surface area contributed by atoms with E-state index in [4.69, 9.17) is 5.84 Å². The summed E-state index contributed by atoms with van der Waals surface area (Å²) in [5.74, 6) is 10.6. The Bertz CT molecular complexity index is 405. The predicted octanol–water partition coefficient (Wildman–Crippen LogP) is 2.17. The van der Waals surface area contributed by atoms with Gasteiger partial charge in [0, 0.05) is 19.0 Å². The molecule has 3 rings (SSSR count). The summed E-state index contributed by atoms with van der Waals surface area (Å²) in [7, 11) is 0. The number of nitrogens with one attached hydrogen (secondary N) is 2. The number of hydrogen-bond donors (Lipinski definition) is 3. The average Bonchev–Trinajstić information content (AvgIpc) is 3.30. The number of aromatic nitrogens is 2. The molecule has 0 saturated heterocycles. The third-order valence-corrected chi connectivity index (χ3v) is 4.21. The third kappa shape index (κ3) is 3.15. The lowest BCUT2D eigenvalue weighted by Gasteiger charge is -2.17. The van der Waals surface area contributed by atoms with Crippen LogP contribution in [-0.4, -0.2) is 16.5 Å². The number of nitrogens with two attached hydrogens (primary N) is 1. The van der Waals surface area contributed by atoms with Crippen molar-refractivity contribution in [2.24, 2.45) is 23.6 Å². The molecule has 5 nitrogen and oxygen atoms in total. The highest BCUT2D eigenvalue weighted by Crippen LogP contribution is 2.49. The van der Waals surface area contributed by atoms with Gasteiger partial charge >= 0.3 is 0 Å². The van der Waals surface area contributed by atoms with Gasteiger partial charge in [-0.1, -0.05) is 6.92 Å². The molecule has 104 valence electrons. The fourth-order valence-electron chi connectivity index (χ4n) is 2.81. The number of aryl methyl sites for hydroxylation is 1. The van der Waals surface area contributed by atoms with Crippen LogP contribution in [0.2, 0.25) is 0 Å². The zero-order valence-electron chi connectivity index (χ0n) is 11.5. The summed E-state index contributed by atoms with van der Waals surface area (Å²) in [6.45, 7) is 3.09. The van der Waals surface area contributed by atoms with Crippen molar-refractivity contribution >= 4 is 11.6 Å². The predicted molar refractivity (Wildman–Crippen MR) is 76.6 cm³/mol. The van der Waals surface area contributed by atoms with Crippen LogP contribution in [0.25, 0.3) is 0 Å². The maximum atomic E-state index is 5.45. The molecule has 0 spiro atoms. The van der Waals surface area contributed by atoms with Gasteiger partial charge in [0.2, 0.25) is 0 Å². The highest BCUT2D eigenvalue weighted by molar-refractivity contribution is 5.46. The zero-order chi connectivity index (χ0) is 13.2. The molecule has 2 aliphatic rings. The van der Waals surface area contributed by atoms with Crippen molar-refractivity contribution in [3.05, 3.63) is 11.9 Å². The average molecular weight is 261 g/mol. The summed E-state index contributed by atoms with van der Waals surface area (Å²) in [4.78, 5) is 8.82. The molecule has 0 radical (unpaired) electrons. The molecule has 1 aromatic heterocycles. The van der Waals surface area contributed by atoms with Crippen LogP contribution in [0, 0.1) is 17.8 Å².